The summed E-state index contributed by atoms with van der Waals surface area (Å²) in [7, 11) is -0.590. The topological polar surface area (TPSA) is 36.4 Å². The number of rotatable bonds is 4. The molecule has 0 saturated carbocycles. The Kier molecular flexibility index (Phi) is 4.35. The van der Waals surface area contributed by atoms with Crippen molar-refractivity contribution in [1.29, 1.82) is 0 Å². The van der Waals surface area contributed by atoms with Crippen molar-refractivity contribution in [2.45, 2.75) is 13.7 Å². The smallest absolute Gasteiger partial charge is 0.411 e. The van der Waals surface area contributed by atoms with Crippen LogP contribution in [0.15, 0.2) is 35.0 Å². The third-order valence-electron chi connectivity index (χ3n) is 1.90. The maximum Gasteiger partial charge on any atom is 0.411 e. The van der Waals surface area contributed by atoms with Gasteiger partial charge in [-0.15, -0.1) is 0 Å². The van der Waals surface area contributed by atoms with Gasteiger partial charge in [-0.2, -0.15) is 0 Å². The molecule has 3 nitrogen and oxygen atoms in total. The summed E-state index contributed by atoms with van der Waals surface area (Å²) in [5.41, 5.74) is 0.980. The molecule has 1 aromatic rings. The van der Waals surface area contributed by atoms with Crippen LogP contribution in [-0.4, -0.2) is 23.6 Å². The summed E-state index contributed by atoms with van der Waals surface area (Å²) in [6.07, 6.45) is 1.70. The molecule has 0 aliphatic heterocycles. The second-order valence-electron chi connectivity index (χ2n) is 3.53. The Balaban J connectivity index is 2.99. The first-order valence-electron chi connectivity index (χ1n) is 4.72. The van der Waals surface area contributed by atoms with Crippen molar-refractivity contribution in [3.05, 3.63) is 35.0 Å². The lowest BCUT2D eigenvalue weighted by molar-refractivity contribution is 0.571. The number of hydrogen-bond acceptors (Lipinski definition) is 3. The van der Waals surface area contributed by atoms with Gasteiger partial charge in [0.25, 0.3) is 0 Å². The average molecular weight is 269 g/mol. The molecule has 0 saturated heterocycles. The zero-order valence-electron chi connectivity index (χ0n) is 8.94. The van der Waals surface area contributed by atoms with Crippen molar-refractivity contribution in [1.82, 2.24) is 4.98 Å². The van der Waals surface area contributed by atoms with E-state index < -0.39 is 7.05 Å². The van der Waals surface area contributed by atoms with Gasteiger partial charge < -0.3 is 9.83 Å². The molecule has 15 heavy (non-hydrogen) atoms. The number of hydrogen-bond donors (Lipinski definition) is 1. The molecule has 80 valence electrons. The van der Waals surface area contributed by atoms with E-state index >= 15 is 0 Å². The van der Waals surface area contributed by atoms with E-state index in [0.717, 1.165) is 15.9 Å². The fourth-order valence-electron chi connectivity index (χ4n) is 1.26. The molecule has 0 aliphatic carbocycles. The van der Waals surface area contributed by atoms with Crippen molar-refractivity contribution >= 4 is 28.8 Å². The van der Waals surface area contributed by atoms with E-state index in [-0.39, 0.29) is 0 Å². The molecule has 0 atom stereocenters. The number of pyridine rings is 1. The summed E-state index contributed by atoms with van der Waals surface area (Å²) in [5, 5.41) is 9.66. The maximum atomic E-state index is 9.66. The fourth-order valence-corrected chi connectivity index (χ4v) is 1.75. The highest BCUT2D eigenvalue weighted by molar-refractivity contribution is 9.10. The number of anilines is 1. The molecule has 0 aliphatic rings. The lowest BCUT2D eigenvalue weighted by atomic mass is 9.84. The first kappa shape index (κ1) is 12.3. The average Bonchev–Trinajstić information content (AvgIpc) is 2.15. The van der Waals surface area contributed by atoms with Crippen LogP contribution >= 0.6 is 15.9 Å². The quantitative estimate of drug-likeness (QED) is 0.673. The van der Waals surface area contributed by atoms with Gasteiger partial charge in [-0.05, 0) is 41.8 Å². The van der Waals surface area contributed by atoms with Crippen LogP contribution in [0.3, 0.4) is 0 Å². The number of nitrogens with zero attached hydrogens (tertiary/aromatic N) is 2. The van der Waals surface area contributed by atoms with Crippen molar-refractivity contribution < 1.29 is 5.02 Å². The Hall–Kier alpha value is -0.805. The number of aromatic nitrogens is 1. The molecule has 1 aromatic heterocycles. The van der Waals surface area contributed by atoms with E-state index in [2.05, 4.69) is 27.5 Å². The van der Waals surface area contributed by atoms with Crippen molar-refractivity contribution in [3.63, 3.8) is 0 Å². The molecular weight excluding hydrogens is 255 g/mol. The third-order valence-corrected chi connectivity index (χ3v) is 2.52. The molecular formula is C10H14BBrN2O. The minimum atomic E-state index is -0.590. The van der Waals surface area contributed by atoms with Gasteiger partial charge in [0.15, 0.2) is 0 Å². The Morgan fingerprint density at radius 1 is 1.73 bits per heavy atom. The third kappa shape index (κ3) is 3.36. The maximum absolute atomic E-state index is 9.66. The van der Waals surface area contributed by atoms with Crippen LogP contribution in [0, 0.1) is 0 Å². The van der Waals surface area contributed by atoms with Crippen LogP contribution in [0.4, 0.5) is 5.82 Å². The summed E-state index contributed by atoms with van der Waals surface area (Å²) in [4.78, 5) is 6.02. The van der Waals surface area contributed by atoms with Crippen LogP contribution in [0.25, 0.3) is 0 Å². The van der Waals surface area contributed by atoms with E-state index in [4.69, 9.17) is 0 Å². The first-order chi connectivity index (χ1) is 7.02. The minimum Gasteiger partial charge on any atom is -0.432 e. The van der Waals surface area contributed by atoms with Crippen LogP contribution in [0.5, 0.6) is 0 Å². The predicted molar refractivity (Wildman–Crippen MR) is 67.9 cm³/mol. The highest BCUT2D eigenvalue weighted by Gasteiger charge is 2.19. The van der Waals surface area contributed by atoms with Gasteiger partial charge in [0, 0.05) is 12.7 Å². The predicted octanol–water partition coefficient (Wildman–Crippen LogP) is 2.34. The van der Waals surface area contributed by atoms with Crippen molar-refractivity contribution in [2.24, 2.45) is 0 Å². The minimum absolute atomic E-state index is 0.590. The molecule has 0 bridgehead atoms. The van der Waals surface area contributed by atoms with Crippen LogP contribution < -0.4 is 4.81 Å². The zero-order valence-corrected chi connectivity index (χ0v) is 10.5. The van der Waals surface area contributed by atoms with E-state index in [1.54, 1.807) is 17.8 Å². The van der Waals surface area contributed by atoms with E-state index in [1.807, 2.05) is 19.1 Å². The summed E-state index contributed by atoms with van der Waals surface area (Å²) >= 11 is 3.41. The zero-order chi connectivity index (χ0) is 11.4. The van der Waals surface area contributed by atoms with Crippen LogP contribution in [-0.2, 0) is 0 Å². The lowest BCUT2D eigenvalue weighted by Gasteiger charge is -2.25. The largest absolute Gasteiger partial charge is 0.432 e. The highest BCUT2D eigenvalue weighted by atomic mass is 79.9. The summed E-state index contributed by atoms with van der Waals surface area (Å²) in [5.74, 6) is 0.732. The monoisotopic (exact) mass is 268 g/mol. The van der Waals surface area contributed by atoms with Crippen LogP contribution in [0.1, 0.15) is 6.92 Å². The van der Waals surface area contributed by atoms with E-state index in [0.29, 0.717) is 6.54 Å². The molecule has 0 amide bonds. The highest BCUT2D eigenvalue weighted by Crippen LogP contribution is 2.23. The lowest BCUT2D eigenvalue weighted by Crippen LogP contribution is -2.39. The summed E-state index contributed by atoms with van der Waals surface area (Å²) < 4.78 is 0.868. The molecule has 0 spiro atoms. The van der Waals surface area contributed by atoms with Gasteiger partial charge in [0.05, 0.1) is 4.47 Å². The van der Waals surface area contributed by atoms with Gasteiger partial charge in [-0.1, -0.05) is 12.2 Å². The Morgan fingerprint density at radius 2 is 2.40 bits per heavy atom. The summed E-state index contributed by atoms with van der Waals surface area (Å²) in [6, 6.07) is 3.74. The molecule has 0 fully saturated rings. The van der Waals surface area contributed by atoms with Crippen molar-refractivity contribution in [3.8, 4) is 0 Å². The SMILES string of the molecule is C=C(C)CN(B(C)O)c1ncccc1Br. The molecule has 1 N–H and O–H groups in total. The van der Waals surface area contributed by atoms with Gasteiger partial charge in [-0.3, -0.25) is 0 Å². The second-order valence-corrected chi connectivity index (χ2v) is 4.38. The van der Waals surface area contributed by atoms with E-state index in [1.165, 1.54) is 0 Å². The number of halogens is 1. The Bertz CT molecular complexity index is 357. The van der Waals surface area contributed by atoms with Gasteiger partial charge in [-0.25, -0.2) is 4.98 Å². The molecule has 5 heteroatoms. The Morgan fingerprint density at radius 3 is 2.87 bits per heavy atom. The van der Waals surface area contributed by atoms with Gasteiger partial charge >= 0.3 is 7.05 Å². The summed E-state index contributed by atoms with van der Waals surface area (Å²) in [6.45, 7) is 8.06. The van der Waals surface area contributed by atoms with Gasteiger partial charge in [0.1, 0.15) is 5.82 Å². The van der Waals surface area contributed by atoms with Crippen molar-refractivity contribution in [2.75, 3.05) is 11.4 Å². The molecule has 0 aromatic carbocycles. The Labute approximate surface area is 99.1 Å². The molecule has 0 radical (unpaired) electrons. The van der Waals surface area contributed by atoms with Crippen LogP contribution in [0.2, 0.25) is 6.82 Å². The fraction of sp³-hybridized carbons (Fsp3) is 0.300. The molecule has 1 rings (SSSR count). The van der Waals surface area contributed by atoms with E-state index in [9.17, 15) is 5.02 Å². The van der Waals surface area contributed by atoms with Gasteiger partial charge in [0.2, 0.25) is 0 Å². The second kappa shape index (κ2) is 5.33. The first-order valence-corrected chi connectivity index (χ1v) is 5.51. The standard InChI is InChI=1S/C10H14BBrN2O/c1-8(2)7-14(11(3)15)10-9(12)5-4-6-13-10/h4-6,15H,1,7H2,2-3H3. The normalized spacial score (nSPS) is 9.87. The molecule has 1 heterocycles. The molecule has 0 unspecified atom stereocenters.